The predicted octanol–water partition coefficient (Wildman–Crippen LogP) is 4.87. The molecule has 47 heavy (non-hydrogen) atoms. The molecule has 3 aliphatic heterocycles. The minimum Gasteiger partial charge on any atom is -0.492 e. The number of benzene rings is 3. The van der Waals surface area contributed by atoms with Crippen LogP contribution in [0.3, 0.4) is 0 Å². The highest BCUT2D eigenvalue weighted by Crippen LogP contribution is 2.69. The first-order valence-electron chi connectivity index (χ1n) is 15.4. The zero-order chi connectivity index (χ0) is 33.1. The Morgan fingerprint density at radius 2 is 1.36 bits per heavy atom. The van der Waals surface area contributed by atoms with Gasteiger partial charge in [-0.1, -0.05) is 60.7 Å². The van der Waals surface area contributed by atoms with Gasteiger partial charge in [0.15, 0.2) is 23.4 Å². The summed E-state index contributed by atoms with van der Waals surface area (Å²) in [5.41, 5.74) is 0.776. The summed E-state index contributed by atoms with van der Waals surface area (Å²) in [6.07, 6.45) is -3.58. The lowest BCUT2D eigenvalue weighted by molar-refractivity contribution is -0.310. The zero-order valence-electron chi connectivity index (χ0n) is 27.1. The first-order chi connectivity index (χ1) is 22.8. The van der Waals surface area contributed by atoms with Crippen molar-refractivity contribution in [3.8, 4) is 23.0 Å². The Morgan fingerprint density at radius 1 is 0.745 bits per heavy atom. The molecule has 1 aliphatic carbocycles. The molecule has 0 unspecified atom stereocenters. The van der Waals surface area contributed by atoms with Crippen LogP contribution >= 0.6 is 0 Å². The van der Waals surface area contributed by atoms with Crippen LogP contribution in [-0.2, 0) is 34.1 Å². The molecule has 0 fully saturated rings. The Hall–Kier alpha value is -4.13. The Labute approximate surface area is 272 Å². The minimum atomic E-state index is -1.98. The average Bonchev–Trinajstić information content (AvgIpc) is 3.42. The molecule has 3 heterocycles. The van der Waals surface area contributed by atoms with Gasteiger partial charge in [0.05, 0.1) is 43.1 Å². The van der Waals surface area contributed by atoms with E-state index in [4.69, 9.17) is 42.6 Å². The number of aliphatic hydroxyl groups excluding tert-OH is 1. The Kier molecular flexibility index (Phi) is 7.92. The van der Waals surface area contributed by atoms with Gasteiger partial charge in [0.25, 0.3) is 5.79 Å². The van der Waals surface area contributed by atoms with Gasteiger partial charge in [0.2, 0.25) is 17.1 Å². The lowest BCUT2D eigenvalue weighted by Gasteiger charge is -2.51. The Morgan fingerprint density at radius 3 is 1.89 bits per heavy atom. The number of ether oxygens (including phenoxy) is 9. The number of Topliss-reactive ketones (excluding diaryl/α,β-unsaturated/α-hetero) is 1. The highest BCUT2D eigenvalue weighted by molar-refractivity contribution is 6.03. The third-order valence-electron chi connectivity index (χ3n) is 9.79. The van der Waals surface area contributed by atoms with Crippen LogP contribution in [0, 0.1) is 0 Å². The molecule has 0 bridgehead atoms. The maximum Gasteiger partial charge on any atom is 0.285 e. The largest absolute Gasteiger partial charge is 0.492 e. The van der Waals surface area contributed by atoms with E-state index in [1.54, 1.807) is 7.11 Å². The number of hydrogen-bond donors (Lipinski definition) is 1. The highest BCUT2D eigenvalue weighted by atomic mass is 16.8. The van der Waals surface area contributed by atoms with Gasteiger partial charge < -0.3 is 47.7 Å². The van der Waals surface area contributed by atoms with E-state index in [0.29, 0.717) is 17.5 Å². The molecule has 1 N–H and O–H groups in total. The molecule has 7 atom stereocenters. The highest BCUT2D eigenvalue weighted by Gasteiger charge is 2.77. The third kappa shape index (κ3) is 4.20. The molecular weight excluding hydrogens is 608 g/mol. The molecule has 0 saturated heterocycles. The number of ketones is 1. The van der Waals surface area contributed by atoms with E-state index < -0.39 is 47.7 Å². The van der Waals surface area contributed by atoms with E-state index in [1.165, 1.54) is 35.5 Å². The standard InChI is InChI=1S/C36H38O11/c1-39-24-18-23(20-15-11-8-12-16-20)46-33-26(24)28(38)34(42-4)36(44-6)35(33,43-5)27-29(47-36)25-21(37)17-22(19-13-9-7-10-14-19)45-30(25)32(41-3)31(27)40-2/h7-16,21-24,34,37H,17-18H2,1-6H3/t21-,22-,23-,24+,34-,35-,36-/m1/s1. The van der Waals surface area contributed by atoms with Crippen LogP contribution in [0.5, 0.6) is 23.0 Å². The van der Waals surface area contributed by atoms with Crippen LogP contribution in [0.2, 0.25) is 0 Å². The fourth-order valence-electron chi connectivity index (χ4n) is 7.74. The quantitative estimate of drug-likeness (QED) is 0.361. The smallest absolute Gasteiger partial charge is 0.285 e. The van der Waals surface area contributed by atoms with Crippen molar-refractivity contribution in [1.82, 2.24) is 0 Å². The van der Waals surface area contributed by atoms with E-state index in [9.17, 15) is 9.90 Å². The molecule has 3 aromatic rings. The predicted molar refractivity (Wildman–Crippen MR) is 167 cm³/mol. The summed E-state index contributed by atoms with van der Waals surface area (Å²) in [5.74, 6) is -1.48. The van der Waals surface area contributed by atoms with E-state index in [2.05, 4.69) is 0 Å². The van der Waals surface area contributed by atoms with Crippen LogP contribution in [0.25, 0.3) is 0 Å². The number of carbonyl (C=O) groups excluding carboxylic acids is 1. The fourth-order valence-corrected chi connectivity index (χ4v) is 7.74. The van der Waals surface area contributed by atoms with E-state index in [0.717, 1.165) is 11.1 Å². The van der Waals surface area contributed by atoms with Crippen LogP contribution in [-0.4, -0.2) is 71.5 Å². The molecule has 0 radical (unpaired) electrons. The molecule has 3 aromatic carbocycles. The SMILES string of the molecule is COc1c2c(c3c(c1OC)[C@@]1(OC)C4=C(C(=O)[C@@H](OC)[C@@]1(OC)O3)[C@@H](OC)C[C@H](c1ccccc1)O4)[C@H](O)C[C@H](c1ccccc1)O2. The maximum absolute atomic E-state index is 14.5. The van der Waals surface area contributed by atoms with E-state index >= 15 is 0 Å². The van der Waals surface area contributed by atoms with Gasteiger partial charge in [-0.3, -0.25) is 4.79 Å². The van der Waals surface area contributed by atoms with Gasteiger partial charge in [0.1, 0.15) is 18.0 Å². The van der Waals surface area contributed by atoms with Crippen molar-refractivity contribution in [2.45, 2.75) is 54.7 Å². The third-order valence-corrected chi connectivity index (χ3v) is 9.79. The van der Waals surface area contributed by atoms with Gasteiger partial charge in [-0.15, -0.1) is 0 Å². The Bertz CT molecular complexity index is 1710. The van der Waals surface area contributed by atoms with Gasteiger partial charge in [-0.05, 0) is 11.1 Å². The lowest BCUT2D eigenvalue weighted by atomic mass is 9.70. The van der Waals surface area contributed by atoms with Crippen LogP contribution in [0.4, 0.5) is 0 Å². The monoisotopic (exact) mass is 646 g/mol. The molecule has 11 nitrogen and oxygen atoms in total. The van der Waals surface area contributed by atoms with Gasteiger partial charge in [-0.25, -0.2) is 0 Å². The normalized spacial score (nSPS) is 30.6. The van der Waals surface area contributed by atoms with Gasteiger partial charge in [-0.2, -0.15) is 0 Å². The zero-order valence-corrected chi connectivity index (χ0v) is 27.1. The lowest BCUT2D eigenvalue weighted by Crippen LogP contribution is -2.69. The summed E-state index contributed by atoms with van der Waals surface area (Å²) in [5, 5.41) is 11.9. The number of hydrogen-bond acceptors (Lipinski definition) is 11. The fraction of sp³-hybridized carbons (Fsp3) is 0.417. The molecule has 248 valence electrons. The Balaban J connectivity index is 1.53. The van der Waals surface area contributed by atoms with Crippen molar-refractivity contribution in [3.63, 3.8) is 0 Å². The summed E-state index contributed by atoms with van der Waals surface area (Å²) >= 11 is 0. The average molecular weight is 647 g/mol. The van der Waals surface area contributed by atoms with Crippen LogP contribution in [0.1, 0.15) is 53.4 Å². The maximum atomic E-state index is 14.5. The molecule has 0 amide bonds. The summed E-state index contributed by atoms with van der Waals surface area (Å²) in [6, 6.07) is 19.3. The minimum absolute atomic E-state index is 0.138. The number of methoxy groups -OCH3 is 6. The molecule has 11 heteroatoms. The first kappa shape index (κ1) is 31.5. The van der Waals surface area contributed by atoms with Crippen molar-refractivity contribution >= 4 is 5.78 Å². The van der Waals surface area contributed by atoms with Crippen LogP contribution in [0.15, 0.2) is 72.0 Å². The summed E-state index contributed by atoms with van der Waals surface area (Å²) < 4.78 is 56.9. The molecule has 0 spiro atoms. The topological polar surface area (TPSA) is 120 Å². The molecule has 0 aromatic heterocycles. The van der Waals surface area contributed by atoms with Gasteiger partial charge >= 0.3 is 0 Å². The van der Waals surface area contributed by atoms with Crippen molar-refractivity contribution in [2.24, 2.45) is 0 Å². The number of aliphatic hydroxyl groups is 1. The summed E-state index contributed by atoms with van der Waals surface area (Å²) in [4.78, 5) is 14.5. The molecular formula is C36H38O11. The van der Waals surface area contributed by atoms with E-state index in [-0.39, 0.29) is 40.8 Å². The molecule has 0 saturated carbocycles. The molecule has 4 aliphatic rings. The van der Waals surface area contributed by atoms with E-state index in [1.807, 2.05) is 60.7 Å². The van der Waals surface area contributed by atoms with Crippen LogP contribution < -0.4 is 18.9 Å². The van der Waals surface area contributed by atoms with Crippen molar-refractivity contribution < 1.29 is 52.5 Å². The second kappa shape index (κ2) is 11.8. The summed E-state index contributed by atoms with van der Waals surface area (Å²) in [7, 11) is 8.80. The number of fused-ring (bicyclic) bond motifs is 6. The number of carbonyl (C=O) groups is 1. The summed E-state index contributed by atoms with van der Waals surface area (Å²) in [6.45, 7) is 0. The molecule has 7 rings (SSSR count). The second-order valence-corrected chi connectivity index (χ2v) is 11.8. The van der Waals surface area contributed by atoms with Gasteiger partial charge in [0, 0.05) is 41.3 Å². The first-order valence-corrected chi connectivity index (χ1v) is 15.4. The number of rotatable bonds is 8. The van der Waals surface area contributed by atoms with Crippen molar-refractivity contribution in [1.29, 1.82) is 0 Å². The van der Waals surface area contributed by atoms with Crippen molar-refractivity contribution in [3.05, 3.63) is 94.2 Å². The van der Waals surface area contributed by atoms with Crippen molar-refractivity contribution in [2.75, 3.05) is 42.7 Å². The second-order valence-electron chi connectivity index (χ2n) is 11.8.